The summed E-state index contributed by atoms with van der Waals surface area (Å²) in [5.41, 5.74) is 2.94. The molecule has 0 saturated carbocycles. The van der Waals surface area contributed by atoms with Gasteiger partial charge in [-0.05, 0) is 28.8 Å². The van der Waals surface area contributed by atoms with Crippen molar-refractivity contribution in [3.8, 4) is 0 Å². The molecule has 1 fully saturated rings. The first-order valence-electron chi connectivity index (χ1n) is 13.1. The van der Waals surface area contributed by atoms with E-state index in [1.807, 2.05) is 78.9 Å². The van der Waals surface area contributed by atoms with E-state index in [1.54, 1.807) is 10.4 Å². The first kappa shape index (κ1) is 27.4. The Balaban J connectivity index is 1.52. The number of benzene rings is 3. The van der Waals surface area contributed by atoms with Crippen LogP contribution in [0.25, 0.3) is 0 Å². The van der Waals surface area contributed by atoms with E-state index < -0.39 is 10.0 Å². The molecule has 7 nitrogen and oxygen atoms in total. The van der Waals surface area contributed by atoms with Gasteiger partial charge in [-0.25, -0.2) is 8.42 Å². The normalized spacial score (nSPS) is 16.7. The quantitative estimate of drug-likeness (QED) is 0.423. The van der Waals surface area contributed by atoms with Crippen molar-refractivity contribution in [2.75, 3.05) is 52.4 Å². The molecule has 198 valence electrons. The van der Waals surface area contributed by atoms with Crippen LogP contribution in [0.1, 0.15) is 16.7 Å². The van der Waals surface area contributed by atoms with Gasteiger partial charge in [0.05, 0.1) is 4.90 Å². The van der Waals surface area contributed by atoms with Crippen molar-refractivity contribution in [3.63, 3.8) is 0 Å². The Morgan fingerprint density at radius 1 is 0.622 bits per heavy atom. The fourth-order valence-corrected chi connectivity index (χ4v) is 5.97. The van der Waals surface area contributed by atoms with Crippen LogP contribution < -0.4 is 16.0 Å². The van der Waals surface area contributed by atoms with E-state index in [-0.39, 0.29) is 0 Å². The molecule has 0 aromatic heterocycles. The van der Waals surface area contributed by atoms with Crippen LogP contribution in [0.3, 0.4) is 0 Å². The summed E-state index contributed by atoms with van der Waals surface area (Å²) in [6.45, 7) is 8.79. The Morgan fingerprint density at radius 2 is 1.11 bits per heavy atom. The van der Waals surface area contributed by atoms with Crippen molar-refractivity contribution in [3.05, 3.63) is 102 Å². The first-order valence-corrected chi connectivity index (χ1v) is 14.6. The summed E-state index contributed by atoms with van der Waals surface area (Å²) in [5, 5.41) is 10.4. The van der Waals surface area contributed by atoms with Crippen molar-refractivity contribution >= 4 is 10.0 Å². The standard InChI is InChI=1S/C29H39N5O2S/c35-37(36,34(24-26-8-3-1-4-9-26)25-27-10-5-2-6-11-27)29-13-7-12-28(22-29)23-33-20-18-31-16-14-30-15-17-32-19-21-33/h1-13,22,30-32H,14-21,23-25H2. The largest absolute Gasteiger partial charge is 0.314 e. The zero-order valence-electron chi connectivity index (χ0n) is 21.5. The maximum atomic E-state index is 13.9. The molecule has 1 saturated heterocycles. The smallest absolute Gasteiger partial charge is 0.243 e. The van der Waals surface area contributed by atoms with Crippen LogP contribution in [0.2, 0.25) is 0 Å². The van der Waals surface area contributed by atoms with Crippen LogP contribution >= 0.6 is 0 Å². The summed E-state index contributed by atoms with van der Waals surface area (Å²) in [5.74, 6) is 0. The van der Waals surface area contributed by atoms with Gasteiger partial charge in [0.1, 0.15) is 0 Å². The fourth-order valence-electron chi connectivity index (χ4n) is 4.48. The number of sulfonamides is 1. The van der Waals surface area contributed by atoms with Gasteiger partial charge in [0.2, 0.25) is 10.0 Å². The van der Waals surface area contributed by atoms with E-state index in [9.17, 15) is 8.42 Å². The third kappa shape index (κ3) is 8.74. The molecule has 0 bridgehead atoms. The number of nitrogens with one attached hydrogen (secondary N) is 3. The summed E-state index contributed by atoms with van der Waals surface area (Å²) in [4.78, 5) is 2.72. The molecular weight excluding hydrogens is 482 g/mol. The van der Waals surface area contributed by atoms with Crippen molar-refractivity contribution < 1.29 is 8.42 Å². The van der Waals surface area contributed by atoms with Crippen LogP contribution in [-0.4, -0.2) is 70.0 Å². The topological polar surface area (TPSA) is 76.7 Å². The second-order valence-electron chi connectivity index (χ2n) is 9.42. The van der Waals surface area contributed by atoms with Gasteiger partial charge in [-0.15, -0.1) is 0 Å². The number of rotatable bonds is 8. The molecule has 1 heterocycles. The van der Waals surface area contributed by atoms with Crippen LogP contribution in [0.5, 0.6) is 0 Å². The molecule has 3 aromatic carbocycles. The van der Waals surface area contributed by atoms with Gasteiger partial charge in [0.15, 0.2) is 0 Å². The van der Waals surface area contributed by atoms with E-state index in [1.165, 1.54) is 0 Å². The maximum Gasteiger partial charge on any atom is 0.243 e. The van der Waals surface area contributed by atoms with Gasteiger partial charge in [-0.3, -0.25) is 4.90 Å². The first-order chi connectivity index (χ1) is 18.1. The van der Waals surface area contributed by atoms with Crippen LogP contribution in [0.15, 0.2) is 89.8 Å². The summed E-state index contributed by atoms with van der Waals surface area (Å²) in [7, 11) is -3.71. The third-order valence-electron chi connectivity index (χ3n) is 6.51. The zero-order chi connectivity index (χ0) is 25.8. The molecule has 0 spiro atoms. The highest BCUT2D eigenvalue weighted by Crippen LogP contribution is 2.22. The van der Waals surface area contributed by atoms with Crippen LogP contribution in [0, 0.1) is 0 Å². The summed E-state index contributed by atoms with van der Waals surface area (Å²) in [6, 6.07) is 27.0. The summed E-state index contributed by atoms with van der Waals surface area (Å²) in [6.07, 6.45) is 0. The Morgan fingerprint density at radius 3 is 1.65 bits per heavy atom. The number of hydrogen-bond acceptors (Lipinski definition) is 6. The predicted molar refractivity (Wildman–Crippen MR) is 150 cm³/mol. The van der Waals surface area contributed by atoms with E-state index in [0.717, 1.165) is 69.0 Å². The minimum Gasteiger partial charge on any atom is -0.314 e. The Hall–Kier alpha value is -2.59. The minimum absolute atomic E-state index is 0.320. The van der Waals surface area contributed by atoms with Crippen molar-refractivity contribution in [2.24, 2.45) is 0 Å². The van der Waals surface area contributed by atoms with Crippen molar-refractivity contribution in [2.45, 2.75) is 24.5 Å². The molecule has 3 aromatic rings. The lowest BCUT2D eigenvalue weighted by Crippen LogP contribution is -2.41. The fraction of sp³-hybridized carbons (Fsp3) is 0.379. The number of hydrogen-bond donors (Lipinski definition) is 3. The predicted octanol–water partition coefficient (Wildman–Crippen LogP) is 2.66. The van der Waals surface area contributed by atoms with E-state index in [0.29, 0.717) is 24.5 Å². The molecule has 0 amide bonds. The number of nitrogens with zero attached hydrogens (tertiary/aromatic N) is 2. The SMILES string of the molecule is O=S(=O)(c1cccc(CN2CCNCCNCCNCC2)c1)N(Cc1ccccc1)Cc1ccccc1. The molecule has 1 aliphatic rings. The average Bonchev–Trinajstić information content (AvgIpc) is 2.91. The molecule has 0 unspecified atom stereocenters. The van der Waals surface area contributed by atoms with Gasteiger partial charge in [0, 0.05) is 72.0 Å². The molecule has 4 rings (SSSR count). The zero-order valence-corrected chi connectivity index (χ0v) is 22.3. The van der Waals surface area contributed by atoms with Crippen molar-refractivity contribution in [1.82, 2.24) is 25.2 Å². The second kappa shape index (κ2) is 14.4. The third-order valence-corrected chi connectivity index (χ3v) is 8.30. The van der Waals surface area contributed by atoms with Gasteiger partial charge < -0.3 is 16.0 Å². The van der Waals surface area contributed by atoms with Gasteiger partial charge in [-0.1, -0.05) is 72.8 Å². The minimum atomic E-state index is -3.71. The average molecular weight is 522 g/mol. The van der Waals surface area contributed by atoms with E-state index in [4.69, 9.17) is 0 Å². The molecule has 3 N–H and O–H groups in total. The monoisotopic (exact) mass is 521 g/mol. The molecule has 0 aliphatic carbocycles. The van der Waals surface area contributed by atoms with Crippen LogP contribution in [0.4, 0.5) is 0 Å². The van der Waals surface area contributed by atoms with E-state index >= 15 is 0 Å². The van der Waals surface area contributed by atoms with Gasteiger partial charge in [0.25, 0.3) is 0 Å². The Kier molecular flexibility index (Phi) is 10.7. The molecule has 8 heteroatoms. The highest BCUT2D eigenvalue weighted by molar-refractivity contribution is 7.89. The summed E-state index contributed by atoms with van der Waals surface area (Å²) < 4.78 is 29.4. The highest BCUT2D eigenvalue weighted by atomic mass is 32.2. The summed E-state index contributed by atoms with van der Waals surface area (Å²) >= 11 is 0. The molecule has 0 radical (unpaired) electrons. The maximum absolute atomic E-state index is 13.9. The lowest BCUT2D eigenvalue weighted by molar-refractivity contribution is 0.263. The van der Waals surface area contributed by atoms with Gasteiger partial charge in [-0.2, -0.15) is 4.31 Å². The lowest BCUT2D eigenvalue weighted by atomic mass is 10.2. The second-order valence-corrected chi connectivity index (χ2v) is 11.4. The van der Waals surface area contributed by atoms with Crippen LogP contribution in [-0.2, 0) is 29.7 Å². The van der Waals surface area contributed by atoms with Crippen molar-refractivity contribution in [1.29, 1.82) is 0 Å². The van der Waals surface area contributed by atoms with Gasteiger partial charge >= 0.3 is 0 Å². The molecule has 0 atom stereocenters. The molecule has 37 heavy (non-hydrogen) atoms. The Labute approximate surface area is 221 Å². The lowest BCUT2D eigenvalue weighted by Gasteiger charge is -2.25. The highest BCUT2D eigenvalue weighted by Gasteiger charge is 2.25. The molecular formula is C29H39N5O2S. The molecule has 1 aliphatic heterocycles. The Bertz CT molecular complexity index is 1120. The van der Waals surface area contributed by atoms with E-state index in [2.05, 4.69) is 20.9 Å².